The lowest BCUT2D eigenvalue weighted by Gasteiger charge is -2.21. The van der Waals surface area contributed by atoms with Crippen LogP contribution in [-0.4, -0.2) is 67.0 Å². The summed E-state index contributed by atoms with van der Waals surface area (Å²) in [5, 5.41) is 51.5. The van der Waals surface area contributed by atoms with Crippen molar-refractivity contribution in [1.29, 1.82) is 0 Å². The van der Waals surface area contributed by atoms with E-state index in [9.17, 15) is 9.59 Å². The van der Waals surface area contributed by atoms with Crippen molar-refractivity contribution in [2.24, 2.45) is 11.8 Å². The number of aliphatic carboxylic acids is 2. The number of hydrogen-bond donors (Lipinski definition) is 6. The Kier molecular flexibility index (Phi) is 23.6. The molecule has 0 aromatic heterocycles. The molecule has 202 valence electrons. The molecule has 0 heterocycles. The fraction of sp³-hybridized carbons (Fsp3) is 0.769. The molecule has 0 aliphatic carbocycles. The first-order chi connectivity index (χ1) is 15.6. The van der Waals surface area contributed by atoms with E-state index in [0.717, 1.165) is 11.8 Å². The lowest BCUT2D eigenvalue weighted by molar-refractivity contribution is -0.172. The zero-order valence-corrected chi connectivity index (χ0v) is 22.4. The van der Waals surface area contributed by atoms with Gasteiger partial charge >= 0.3 is 11.9 Å². The van der Waals surface area contributed by atoms with E-state index in [4.69, 9.17) is 30.6 Å². The maximum absolute atomic E-state index is 10.1. The third kappa shape index (κ3) is 22.1. The standard InChI is InChI=1S/2C10H20.C6H10O8/c2*1-5-10(4)8-6-7-9(2)3;7-1(3(9)5(11)12)2(8)4(10)6(13)14/h2*7,10H,5-6,8H2,1-4H3;1-4,7-10H,(H,11,12)(H,13,14)/t2*10-;1-,2?,3+,4?/m111/s1. The van der Waals surface area contributed by atoms with Crippen molar-refractivity contribution in [3.8, 4) is 0 Å². The van der Waals surface area contributed by atoms with Crippen LogP contribution in [0.15, 0.2) is 23.3 Å². The molecule has 0 radical (unpaired) electrons. The largest absolute Gasteiger partial charge is 0.479 e. The van der Waals surface area contributed by atoms with Crippen LogP contribution in [0.1, 0.15) is 93.9 Å². The second-order valence-electron chi connectivity index (χ2n) is 9.29. The summed E-state index contributed by atoms with van der Waals surface area (Å²) in [5.41, 5.74) is 2.90. The van der Waals surface area contributed by atoms with Gasteiger partial charge in [-0.05, 0) is 65.2 Å². The molecule has 6 N–H and O–H groups in total. The van der Waals surface area contributed by atoms with Crippen LogP contribution in [0.5, 0.6) is 0 Å². The highest BCUT2D eigenvalue weighted by Gasteiger charge is 2.37. The van der Waals surface area contributed by atoms with Crippen LogP contribution in [0.4, 0.5) is 0 Å². The summed E-state index contributed by atoms with van der Waals surface area (Å²) in [7, 11) is 0. The van der Waals surface area contributed by atoms with E-state index in [2.05, 4.69) is 67.5 Å². The zero-order chi connectivity index (χ0) is 27.4. The Balaban J connectivity index is -0.000000434. The second-order valence-corrected chi connectivity index (χ2v) is 9.29. The van der Waals surface area contributed by atoms with Crippen LogP contribution in [0.25, 0.3) is 0 Å². The van der Waals surface area contributed by atoms with Gasteiger partial charge in [-0.3, -0.25) is 0 Å². The number of rotatable bonds is 13. The molecule has 0 spiro atoms. The average molecular weight is 491 g/mol. The van der Waals surface area contributed by atoms with Gasteiger partial charge < -0.3 is 30.6 Å². The average Bonchev–Trinajstić information content (AvgIpc) is 2.76. The summed E-state index contributed by atoms with van der Waals surface area (Å²) in [4.78, 5) is 20.2. The Morgan fingerprint density at radius 3 is 1.09 bits per heavy atom. The van der Waals surface area contributed by atoms with Gasteiger partial charge in [-0.25, -0.2) is 9.59 Å². The topological polar surface area (TPSA) is 156 Å². The maximum atomic E-state index is 10.1. The molecule has 0 rings (SSSR count). The predicted octanol–water partition coefficient (Wildman–Crippen LogP) is 4.16. The molecule has 0 fully saturated rings. The SMILES string of the molecule is CC[C@@H](C)CCC=C(C)C.CC[C@@H](C)CCC=C(C)C.O=C(O)C(O)C(O)[C@@H](O)[C@H](O)C(=O)O. The van der Waals surface area contributed by atoms with Gasteiger partial charge in [0, 0.05) is 0 Å². The Hall–Kier alpha value is -1.74. The lowest BCUT2D eigenvalue weighted by atomic mass is 10.0. The fourth-order valence-corrected chi connectivity index (χ4v) is 2.39. The van der Waals surface area contributed by atoms with Gasteiger partial charge in [-0.1, -0.05) is 63.8 Å². The van der Waals surface area contributed by atoms with Gasteiger partial charge in [0.2, 0.25) is 0 Å². The van der Waals surface area contributed by atoms with Crippen molar-refractivity contribution < 1.29 is 40.2 Å². The Morgan fingerprint density at radius 1 is 0.647 bits per heavy atom. The number of aliphatic hydroxyl groups is 4. The minimum atomic E-state index is -2.36. The molecule has 0 aromatic rings. The highest BCUT2D eigenvalue weighted by atomic mass is 16.4. The van der Waals surface area contributed by atoms with E-state index in [1.807, 2.05) is 0 Å². The van der Waals surface area contributed by atoms with E-state index in [1.54, 1.807) is 0 Å². The van der Waals surface area contributed by atoms with E-state index in [1.165, 1.54) is 49.7 Å². The number of hydrogen-bond acceptors (Lipinski definition) is 6. The molecule has 34 heavy (non-hydrogen) atoms. The molecule has 6 atom stereocenters. The normalized spacial score (nSPS) is 15.5. The molecule has 0 bridgehead atoms. The van der Waals surface area contributed by atoms with Gasteiger partial charge in [0.05, 0.1) is 0 Å². The Morgan fingerprint density at radius 2 is 0.912 bits per heavy atom. The number of allylic oxidation sites excluding steroid dienone is 4. The third-order valence-corrected chi connectivity index (χ3v) is 5.32. The van der Waals surface area contributed by atoms with Crippen molar-refractivity contribution in [1.82, 2.24) is 0 Å². The summed E-state index contributed by atoms with van der Waals surface area (Å²) in [6.45, 7) is 17.8. The van der Waals surface area contributed by atoms with Crippen LogP contribution < -0.4 is 0 Å². The summed E-state index contributed by atoms with van der Waals surface area (Å²) in [6.07, 6.45) is 3.22. The first-order valence-corrected chi connectivity index (χ1v) is 12.1. The number of aliphatic hydroxyl groups excluding tert-OH is 4. The minimum Gasteiger partial charge on any atom is -0.479 e. The summed E-state index contributed by atoms with van der Waals surface area (Å²) < 4.78 is 0. The van der Waals surface area contributed by atoms with Gasteiger partial charge in [-0.2, -0.15) is 0 Å². The molecule has 8 heteroatoms. The summed E-state index contributed by atoms with van der Waals surface area (Å²) in [6, 6.07) is 0. The van der Waals surface area contributed by atoms with Gasteiger partial charge in [0.15, 0.2) is 12.2 Å². The predicted molar refractivity (Wildman–Crippen MR) is 136 cm³/mol. The highest BCUT2D eigenvalue weighted by molar-refractivity contribution is 5.75. The Labute approximate surface area is 206 Å². The second kappa shape index (κ2) is 21.8. The molecular formula is C26H50O8. The molecule has 0 saturated carbocycles. The van der Waals surface area contributed by atoms with Crippen molar-refractivity contribution in [2.75, 3.05) is 0 Å². The smallest absolute Gasteiger partial charge is 0.335 e. The third-order valence-electron chi connectivity index (χ3n) is 5.32. The summed E-state index contributed by atoms with van der Waals surface area (Å²) >= 11 is 0. The monoisotopic (exact) mass is 490 g/mol. The highest BCUT2D eigenvalue weighted by Crippen LogP contribution is 2.11. The molecule has 0 saturated heterocycles. The molecule has 2 unspecified atom stereocenters. The molecular weight excluding hydrogens is 440 g/mol. The van der Waals surface area contributed by atoms with Gasteiger partial charge in [0.25, 0.3) is 0 Å². The maximum Gasteiger partial charge on any atom is 0.335 e. The van der Waals surface area contributed by atoms with Crippen LogP contribution in [0, 0.1) is 11.8 Å². The van der Waals surface area contributed by atoms with Gasteiger partial charge in [0.1, 0.15) is 12.2 Å². The van der Waals surface area contributed by atoms with E-state index in [0.29, 0.717) is 0 Å². The van der Waals surface area contributed by atoms with Crippen LogP contribution in [0.3, 0.4) is 0 Å². The zero-order valence-electron chi connectivity index (χ0n) is 22.4. The molecule has 0 aliphatic heterocycles. The van der Waals surface area contributed by atoms with Crippen molar-refractivity contribution in [2.45, 2.75) is 118 Å². The summed E-state index contributed by atoms with van der Waals surface area (Å²) in [5.74, 6) is -1.88. The van der Waals surface area contributed by atoms with Crippen LogP contribution in [-0.2, 0) is 9.59 Å². The molecule has 0 amide bonds. The van der Waals surface area contributed by atoms with Crippen LogP contribution in [0.2, 0.25) is 0 Å². The molecule has 8 nitrogen and oxygen atoms in total. The number of carboxylic acid groups (broad SMARTS) is 2. The first kappa shape index (κ1) is 36.8. The van der Waals surface area contributed by atoms with E-state index in [-0.39, 0.29) is 0 Å². The fourth-order valence-electron chi connectivity index (χ4n) is 2.39. The van der Waals surface area contributed by atoms with Crippen molar-refractivity contribution in [3.63, 3.8) is 0 Å². The number of carbonyl (C=O) groups is 2. The van der Waals surface area contributed by atoms with E-state index < -0.39 is 36.4 Å². The van der Waals surface area contributed by atoms with Crippen molar-refractivity contribution >= 4 is 11.9 Å². The minimum absolute atomic E-state index is 0.899. The number of carboxylic acids is 2. The first-order valence-electron chi connectivity index (χ1n) is 12.1. The van der Waals surface area contributed by atoms with Gasteiger partial charge in [-0.15, -0.1) is 0 Å². The lowest BCUT2D eigenvalue weighted by Crippen LogP contribution is -2.49. The van der Waals surface area contributed by atoms with Crippen molar-refractivity contribution in [3.05, 3.63) is 23.3 Å². The van der Waals surface area contributed by atoms with E-state index >= 15 is 0 Å². The molecule has 0 aliphatic rings. The van der Waals surface area contributed by atoms with Crippen LogP contribution >= 0.6 is 0 Å². The molecule has 0 aromatic carbocycles. The quantitative estimate of drug-likeness (QED) is 0.210. The Bertz CT molecular complexity index is 540.